The second-order valence-corrected chi connectivity index (χ2v) is 4.63. The van der Waals surface area contributed by atoms with Crippen LogP contribution in [0.3, 0.4) is 0 Å². The number of aryl methyl sites for hydroxylation is 2. The predicted molar refractivity (Wildman–Crippen MR) is 69.5 cm³/mol. The highest BCUT2D eigenvalue weighted by Gasteiger charge is 2.17. The van der Waals surface area contributed by atoms with Crippen LogP contribution in [0.15, 0.2) is 22.9 Å². The number of hydrogen-bond acceptors (Lipinski definition) is 4. The van der Waals surface area contributed by atoms with E-state index in [9.17, 15) is 0 Å². The van der Waals surface area contributed by atoms with Gasteiger partial charge in [-0.2, -0.15) is 0 Å². The van der Waals surface area contributed by atoms with E-state index in [4.69, 9.17) is 15.0 Å². The van der Waals surface area contributed by atoms with Crippen LogP contribution < -0.4 is 10.5 Å². The van der Waals surface area contributed by atoms with Crippen molar-refractivity contribution >= 4 is 5.88 Å². The fraction of sp³-hybridized carbons (Fsp3) is 0.357. The Bertz CT molecular complexity index is 575. The first-order valence-electron chi connectivity index (χ1n) is 6.20. The molecule has 0 radical (unpaired) electrons. The molecular formula is C14H16N2O2. The zero-order valence-electron chi connectivity index (χ0n) is 10.4. The number of anilines is 1. The van der Waals surface area contributed by atoms with E-state index >= 15 is 0 Å². The van der Waals surface area contributed by atoms with E-state index < -0.39 is 0 Å². The van der Waals surface area contributed by atoms with Crippen LogP contribution >= 0.6 is 0 Å². The van der Waals surface area contributed by atoms with Gasteiger partial charge in [0, 0.05) is 5.56 Å². The lowest BCUT2D eigenvalue weighted by atomic mass is 9.89. The minimum absolute atomic E-state index is 0.337. The predicted octanol–water partition coefficient (Wildman–Crippen LogP) is 2.81. The Kier molecular flexibility index (Phi) is 2.70. The second kappa shape index (κ2) is 4.37. The molecule has 0 bridgehead atoms. The van der Waals surface area contributed by atoms with Gasteiger partial charge in [0.25, 0.3) is 0 Å². The number of fused-ring (bicyclic) bond motifs is 1. The average molecular weight is 244 g/mol. The lowest BCUT2D eigenvalue weighted by Crippen LogP contribution is -2.04. The van der Waals surface area contributed by atoms with Gasteiger partial charge in [-0.15, -0.1) is 0 Å². The fourth-order valence-corrected chi connectivity index (χ4v) is 2.59. The molecule has 1 aromatic heterocycles. The van der Waals surface area contributed by atoms with Gasteiger partial charge in [-0.05, 0) is 48.9 Å². The van der Waals surface area contributed by atoms with Crippen LogP contribution in [0.2, 0.25) is 0 Å². The molecule has 0 atom stereocenters. The normalized spacial score (nSPS) is 14.3. The number of nitrogens with zero attached hydrogens (tertiary/aromatic N) is 1. The quantitative estimate of drug-likeness (QED) is 0.882. The molecule has 3 rings (SSSR count). The number of benzene rings is 1. The summed E-state index contributed by atoms with van der Waals surface area (Å²) in [5, 5.41) is 3.73. The average Bonchev–Trinajstić information content (AvgIpc) is 2.83. The number of aromatic nitrogens is 1. The van der Waals surface area contributed by atoms with Crippen LogP contribution in [0.5, 0.6) is 5.75 Å². The fourth-order valence-electron chi connectivity index (χ4n) is 2.59. The Morgan fingerprint density at radius 3 is 2.50 bits per heavy atom. The van der Waals surface area contributed by atoms with Gasteiger partial charge in [-0.3, -0.25) is 0 Å². The molecule has 2 aromatic rings. The van der Waals surface area contributed by atoms with Crippen molar-refractivity contribution in [3.8, 4) is 16.9 Å². The lowest BCUT2D eigenvalue weighted by molar-refractivity contribution is 0.415. The van der Waals surface area contributed by atoms with Gasteiger partial charge in [0.1, 0.15) is 5.75 Å². The van der Waals surface area contributed by atoms with E-state index in [0.29, 0.717) is 5.88 Å². The number of nitrogens with two attached hydrogens (primary N) is 1. The lowest BCUT2D eigenvalue weighted by Gasteiger charge is -2.18. The Balaban J connectivity index is 2.16. The highest BCUT2D eigenvalue weighted by molar-refractivity contribution is 5.78. The third-order valence-electron chi connectivity index (χ3n) is 3.55. The largest absolute Gasteiger partial charge is 0.496 e. The third-order valence-corrected chi connectivity index (χ3v) is 3.55. The monoisotopic (exact) mass is 244 g/mol. The molecule has 94 valence electrons. The summed E-state index contributed by atoms with van der Waals surface area (Å²) in [6, 6.07) is 4.28. The van der Waals surface area contributed by atoms with E-state index in [-0.39, 0.29) is 0 Å². The molecule has 4 heteroatoms. The smallest absolute Gasteiger partial charge is 0.230 e. The molecule has 1 aliphatic carbocycles. The minimum Gasteiger partial charge on any atom is -0.496 e. The first kappa shape index (κ1) is 11.1. The molecule has 1 aliphatic rings. The molecule has 2 N–H and O–H groups in total. The number of ether oxygens (including phenoxy) is 1. The SMILES string of the molecule is COc1cc2c(cc1-c1cnoc1N)CCCC2. The Morgan fingerprint density at radius 2 is 1.89 bits per heavy atom. The van der Waals surface area contributed by atoms with E-state index in [1.54, 1.807) is 13.3 Å². The van der Waals surface area contributed by atoms with Crippen LogP contribution in [0.1, 0.15) is 24.0 Å². The van der Waals surface area contributed by atoms with Crippen LogP contribution in [0.25, 0.3) is 11.1 Å². The standard InChI is InChI=1S/C14H16N2O2/c1-17-13-7-10-5-3-2-4-9(10)6-11(13)12-8-16-18-14(12)15/h6-8H,2-5,15H2,1H3. The topological polar surface area (TPSA) is 61.3 Å². The number of methoxy groups -OCH3 is 1. The third kappa shape index (κ3) is 1.74. The highest BCUT2D eigenvalue weighted by atomic mass is 16.5. The van der Waals surface area contributed by atoms with Gasteiger partial charge >= 0.3 is 0 Å². The van der Waals surface area contributed by atoms with Gasteiger partial charge in [-0.25, -0.2) is 0 Å². The molecule has 18 heavy (non-hydrogen) atoms. The maximum Gasteiger partial charge on any atom is 0.230 e. The molecular weight excluding hydrogens is 228 g/mol. The minimum atomic E-state index is 0.337. The van der Waals surface area contributed by atoms with Crippen molar-refractivity contribution in [1.82, 2.24) is 5.16 Å². The van der Waals surface area contributed by atoms with E-state index in [1.165, 1.54) is 24.0 Å². The molecule has 0 fully saturated rings. The maximum absolute atomic E-state index is 5.79. The molecule has 4 nitrogen and oxygen atoms in total. The van der Waals surface area contributed by atoms with Gasteiger partial charge in [0.15, 0.2) is 0 Å². The first-order valence-corrected chi connectivity index (χ1v) is 6.20. The zero-order chi connectivity index (χ0) is 12.5. The molecule has 1 heterocycles. The van der Waals surface area contributed by atoms with Gasteiger partial charge in [0.2, 0.25) is 5.88 Å². The summed E-state index contributed by atoms with van der Waals surface area (Å²) in [7, 11) is 1.68. The summed E-state index contributed by atoms with van der Waals surface area (Å²) in [5.41, 5.74) is 10.3. The second-order valence-electron chi connectivity index (χ2n) is 4.63. The van der Waals surface area contributed by atoms with E-state index in [2.05, 4.69) is 17.3 Å². The number of nitrogen functional groups attached to an aromatic ring is 1. The molecule has 0 aliphatic heterocycles. The molecule has 0 saturated carbocycles. The summed E-state index contributed by atoms with van der Waals surface area (Å²) in [4.78, 5) is 0. The van der Waals surface area contributed by atoms with E-state index in [1.807, 2.05) is 0 Å². The molecule has 0 spiro atoms. The van der Waals surface area contributed by atoms with Crippen molar-refractivity contribution in [3.05, 3.63) is 29.5 Å². The maximum atomic E-state index is 5.79. The summed E-state index contributed by atoms with van der Waals surface area (Å²) in [6.07, 6.45) is 6.40. The van der Waals surface area contributed by atoms with Crippen molar-refractivity contribution in [2.75, 3.05) is 12.8 Å². The van der Waals surface area contributed by atoms with Crippen molar-refractivity contribution in [2.24, 2.45) is 0 Å². The Hall–Kier alpha value is -1.97. The van der Waals surface area contributed by atoms with Crippen molar-refractivity contribution in [1.29, 1.82) is 0 Å². The van der Waals surface area contributed by atoms with Crippen molar-refractivity contribution < 1.29 is 9.26 Å². The number of hydrogen-bond donors (Lipinski definition) is 1. The highest BCUT2D eigenvalue weighted by Crippen LogP contribution is 2.37. The molecule has 0 saturated heterocycles. The van der Waals surface area contributed by atoms with E-state index in [0.717, 1.165) is 29.7 Å². The Labute approximate surface area is 106 Å². The zero-order valence-corrected chi connectivity index (χ0v) is 10.4. The molecule has 0 amide bonds. The molecule has 0 unspecified atom stereocenters. The van der Waals surface area contributed by atoms with Crippen LogP contribution in [0.4, 0.5) is 5.88 Å². The van der Waals surface area contributed by atoms with Crippen molar-refractivity contribution in [2.45, 2.75) is 25.7 Å². The summed E-state index contributed by atoms with van der Waals surface area (Å²) in [6.45, 7) is 0. The van der Waals surface area contributed by atoms with Gasteiger partial charge < -0.3 is 15.0 Å². The van der Waals surface area contributed by atoms with Crippen LogP contribution in [-0.2, 0) is 12.8 Å². The molecule has 1 aromatic carbocycles. The first-order chi connectivity index (χ1) is 8.79. The van der Waals surface area contributed by atoms with Crippen LogP contribution in [-0.4, -0.2) is 12.3 Å². The van der Waals surface area contributed by atoms with Gasteiger partial charge in [-0.1, -0.05) is 5.16 Å². The summed E-state index contributed by atoms with van der Waals surface area (Å²) < 4.78 is 10.4. The van der Waals surface area contributed by atoms with Gasteiger partial charge in [0.05, 0.1) is 18.9 Å². The summed E-state index contributed by atoms with van der Waals surface area (Å²) >= 11 is 0. The van der Waals surface area contributed by atoms with Crippen molar-refractivity contribution in [3.63, 3.8) is 0 Å². The Morgan fingerprint density at radius 1 is 1.17 bits per heavy atom. The van der Waals surface area contributed by atoms with Crippen LogP contribution in [0, 0.1) is 0 Å². The number of rotatable bonds is 2. The summed E-state index contributed by atoms with van der Waals surface area (Å²) in [5.74, 6) is 1.18.